The quantitative estimate of drug-likeness (QED) is 0.673. The third-order valence-corrected chi connectivity index (χ3v) is 6.54. The average molecular weight is 394 g/mol. The second-order valence-corrected chi connectivity index (χ2v) is 8.43. The van der Waals surface area contributed by atoms with Gasteiger partial charge in [-0.05, 0) is 43.2 Å². The van der Waals surface area contributed by atoms with Crippen molar-refractivity contribution in [2.24, 2.45) is 0 Å². The first-order valence-corrected chi connectivity index (χ1v) is 9.99. The smallest absolute Gasteiger partial charge is 0.283 e. The van der Waals surface area contributed by atoms with Gasteiger partial charge in [0.25, 0.3) is 5.89 Å². The number of halogens is 1. The molecule has 3 heterocycles. The van der Waals surface area contributed by atoms with E-state index < -0.39 is 10.0 Å². The lowest BCUT2D eigenvalue weighted by molar-refractivity contribution is 0.290. The molecule has 1 aliphatic heterocycles. The molecule has 7 nitrogen and oxygen atoms in total. The number of hydrogen-bond acceptors (Lipinski definition) is 6. The van der Waals surface area contributed by atoms with Crippen LogP contribution in [0.1, 0.15) is 24.7 Å². The SMILES string of the molecule is O=S(=O)(c1cccc(Cl)c1)N1CCC(c2nnc(-c3ccco3)o2)CC1. The van der Waals surface area contributed by atoms with Crippen LogP contribution in [0.3, 0.4) is 0 Å². The van der Waals surface area contributed by atoms with Crippen molar-refractivity contribution in [2.75, 3.05) is 13.1 Å². The fraction of sp³-hybridized carbons (Fsp3) is 0.294. The van der Waals surface area contributed by atoms with Crippen LogP contribution in [0.25, 0.3) is 11.7 Å². The van der Waals surface area contributed by atoms with Gasteiger partial charge < -0.3 is 8.83 Å². The summed E-state index contributed by atoms with van der Waals surface area (Å²) < 4.78 is 37.9. The predicted molar refractivity (Wildman–Crippen MR) is 94.2 cm³/mol. The highest BCUT2D eigenvalue weighted by molar-refractivity contribution is 7.89. The zero-order valence-corrected chi connectivity index (χ0v) is 15.3. The van der Waals surface area contributed by atoms with Crippen LogP contribution < -0.4 is 0 Å². The van der Waals surface area contributed by atoms with Gasteiger partial charge in [-0.2, -0.15) is 4.31 Å². The summed E-state index contributed by atoms with van der Waals surface area (Å²) >= 11 is 5.92. The van der Waals surface area contributed by atoms with E-state index in [1.54, 1.807) is 36.6 Å². The van der Waals surface area contributed by atoms with Crippen molar-refractivity contribution >= 4 is 21.6 Å². The summed E-state index contributed by atoms with van der Waals surface area (Å²) in [6.45, 7) is 0.774. The topological polar surface area (TPSA) is 89.4 Å². The number of rotatable bonds is 4. The normalized spacial score (nSPS) is 16.8. The van der Waals surface area contributed by atoms with Gasteiger partial charge in [0.2, 0.25) is 15.9 Å². The zero-order chi connectivity index (χ0) is 18.1. The van der Waals surface area contributed by atoms with Gasteiger partial charge in [-0.25, -0.2) is 8.42 Å². The number of benzene rings is 1. The molecule has 0 bridgehead atoms. The Hall–Kier alpha value is -2.16. The van der Waals surface area contributed by atoms with Crippen molar-refractivity contribution in [1.29, 1.82) is 0 Å². The lowest BCUT2D eigenvalue weighted by atomic mass is 9.98. The third-order valence-electron chi connectivity index (χ3n) is 4.41. The Kier molecular flexibility index (Phi) is 4.56. The molecule has 1 aliphatic rings. The predicted octanol–water partition coefficient (Wildman–Crippen LogP) is 3.55. The summed E-state index contributed by atoms with van der Waals surface area (Å²) in [6, 6.07) is 9.81. The molecular weight excluding hydrogens is 378 g/mol. The van der Waals surface area contributed by atoms with Crippen molar-refractivity contribution in [3.63, 3.8) is 0 Å². The molecule has 9 heteroatoms. The highest BCUT2D eigenvalue weighted by Crippen LogP contribution is 2.32. The van der Waals surface area contributed by atoms with Crippen molar-refractivity contribution in [3.8, 4) is 11.7 Å². The third kappa shape index (κ3) is 3.27. The van der Waals surface area contributed by atoms with E-state index in [1.807, 2.05) is 0 Å². The number of hydrogen-bond donors (Lipinski definition) is 0. The molecule has 0 N–H and O–H groups in total. The maximum atomic E-state index is 12.7. The van der Waals surface area contributed by atoms with E-state index in [0.717, 1.165) is 0 Å². The maximum Gasteiger partial charge on any atom is 0.283 e. The number of furan rings is 1. The number of nitrogens with zero attached hydrogens (tertiary/aromatic N) is 3. The van der Waals surface area contributed by atoms with Gasteiger partial charge in [0.1, 0.15) is 0 Å². The van der Waals surface area contributed by atoms with Crippen molar-refractivity contribution in [2.45, 2.75) is 23.7 Å². The molecule has 1 saturated heterocycles. The van der Waals surface area contributed by atoms with Crippen LogP contribution in [-0.2, 0) is 10.0 Å². The molecule has 1 fully saturated rings. The van der Waals surface area contributed by atoms with E-state index in [2.05, 4.69) is 10.2 Å². The van der Waals surface area contributed by atoms with Crippen molar-refractivity contribution in [3.05, 3.63) is 53.6 Å². The molecule has 1 aromatic carbocycles. The zero-order valence-electron chi connectivity index (χ0n) is 13.7. The van der Waals surface area contributed by atoms with Crippen LogP contribution in [-0.4, -0.2) is 36.0 Å². The number of aromatic nitrogens is 2. The van der Waals surface area contributed by atoms with Crippen LogP contribution in [0.4, 0.5) is 0 Å². The summed E-state index contributed by atoms with van der Waals surface area (Å²) in [5, 5.41) is 8.49. The highest BCUT2D eigenvalue weighted by atomic mass is 35.5. The van der Waals surface area contributed by atoms with Crippen LogP contribution in [0.2, 0.25) is 5.02 Å². The monoisotopic (exact) mass is 393 g/mol. The maximum absolute atomic E-state index is 12.7. The highest BCUT2D eigenvalue weighted by Gasteiger charge is 2.32. The fourth-order valence-electron chi connectivity index (χ4n) is 3.02. The van der Waals surface area contributed by atoms with E-state index in [-0.39, 0.29) is 10.8 Å². The van der Waals surface area contributed by atoms with Gasteiger partial charge >= 0.3 is 0 Å². The summed E-state index contributed by atoms with van der Waals surface area (Å²) in [5.41, 5.74) is 0. The van der Waals surface area contributed by atoms with Gasteiger partial charge in [0.15, 0.2) is 5.76 Å². The van der Waals surface area contributed by atoms with E-state index in [1.165, 1.54) is 10.4 Å². The fourth-order valence-corrected chi connectivity index (χ4v) is 4.79. The van der Waals surface area contributed by atoms with E-state index in [9.17, 15) is 8.42 Å². The van der Waals surface area contributed by atoms with E-state index in [0.29, 0.717) is 48.5 Å². The average Bonchev–Trinajstić information content (AvgIpc) is 3.33. The molecule has 0 radical (unpaired) electrons. The number of piperidine rings is 1. The Balaban J connectivity index is 1.46. The lowest BCUT2D eigenvalue weighted by Gasteiger charge is -2.29. The first-order chi connectivity index (χ1) is 12.5. The van der Waals surface area contributed by atoms with E-state index >= 15 is 0 Å². The van der Waals surface area contributed by atoms with Gasteiger partial charge in [-0.15, -0.1) is 10.2 Å². The Labute approximate surface area is 155 Å². The molecule has 0 atom stereocenters. The largest absolute Gasteiger partial charge is 0.459 e. The minimum absolute atomic E-state index is 0.0250. The standard InChI is InChI=1S/C17H16ClN3O4S/c18-13-3-1-4-14(11-13)26(22,23)21-8-6-12(7-9-21)16-19-20-17(25-16)15-5-2-10-24-15/h1-5,10-12H,6-9H2. The van der Waals surface area contributed by atoms with Gasteiger partial charge in [-0.3, -0.25) is 0 Å². The number of sulfonamides is 1. The molecule has 0 spiro atoms. The summed E-state index contributed by atoms with van der Waals surface area (Å²) in [5.74, 6) is 1.39. The molecule has 4 rings (SSSR count). The Morgan fingerprint density at radius 3 is 2.62 bits per heavy atom. The summed E-state index contributed by atoms with van der Waals surface area (Å²) in [7, 11) is -3.55. The molecule has 0 aliphatic carbocycles. The second-order valence-electron chi connectivity index (χ2n) is 6.06. The lowest BCUT2D eigenvalue weighted by Crippen LogP contribution is -2.37. The molecule has 0 amide bonds. The Morgan fingerprint density at radius 1 is 1.12 bits per heavy atom. The minimum atomic E-state index is -3.55. The van der Waals surface area contributed by atoms with E-state index in [4.69, 9.17) is 20.4 Å². The van der Waals surface area contributed by atoms with Crippen LogP contribution in [0.5, 0.6) is 0 Å². The molecule has 3 aromatic rings. The van der Waals surface area contributed by atoms with Crippen LogP contribution in [0.15, 0.2) is 56.4 Å². The van der Waals surface area contributed by atoms with Gasteiger partial charge in [0.05, 0.1) is 11.2 Å². The molecule has 0 unspecified atom stereocenters. The first-order valence-electron chi connectivity index (χ1n) is 8.17. The van der Waals surface area contributed by atoms with Crippen molar-refractivity contribution < 1.29 is 17.3 Å². The molecular formula is C17H16ClN3O4S. The van der Waals surface area contributed by atoms with Crippen LogP contribution in [0, 0.1) is 0 Å². The Morgan fingerprint density at radius 2 is 1.92 bits per heavy atom. The molecule has 2 aromatic heterocycles. The minimum Gasteiger partial charge on any atom is -0.459 e. The molecule has 26 heavy (non-hydrogen) atoms. The summed E-state index contributed by atoms with van der Waals surface area (Å²) in [4.78, 5) is 0.210. The van der Waals surface area contributed by atoms with Gasteiger partial charge in [0, 0.05) is 24.0 Å². The van der Waals surface area contributed by atoms with Crippen molar-refractivity contribution in [1.82, 2.24) is 14.5 Å². The first kappa shape index (κ1) is 17.3. The van der Waals surface area contributed by atoms with Gasteiger partial charge in [-0.1, -0.05) is 17.7 Å². The molecule has 136 valence electrons. The second kappa shape index (κ2) is 6.86. The van der Waals surface area contributed by atoms with Crippen LogP contribution >= 0.6 is 11.6 Å². The Bertz CT molecular complexity index is 993. The summed E-state index contributed by atoms with van der Waals surface area (Å²) in [6.07, 6.45) is 2.76. The molecule has 0 saturated carbocycles.